The van der Waals surface area contributed by atoms with Crippen molar-refractivity contribution in [2.45, 2.75) is 6.61 Å². The molecule has 0 aromatic heterocycles. The Bertz CT molecular complexity index is 587. The van der Waals surface area contributed by atoms with Crippen molar-refractivity contribution in [3.05, 3.63) is 70.2 Å². The molecule has 1 aliphatic heterocycles. The highest BCUT2D eigenvalue weighted by Crippen LogP contribution is 2.31. The molecule has 2 aromatic rings. The Balaban J connectivity index is 2.02. The lowest BCUT2D eigenvalue weighted by Crippen LogP contribution is -1.80. The number of hydrogen-bond acceptors (Lipinski definition) is 1. The summed E-state index contributed by atoms with van der Waals surface area (Å²) in [6, 6.07) is 16.0. The molecule has 0 spiro atoms. The lowest BCUT2D eigenvalue weighted by molar-refractivity contribution is 0.287. The van der Waals surface area contributed by atoms with Crippen LogP contribution in [0.4, 0.5) is 0 Å². The number of rotatable bonds is 1. The zero-order valence-corrected chi connectivity index (χ0v) is 9.95. The van der Waals surface area contributed by atoms with Gasteiger partial charge >= 0.3 is 0 Å². The van der Waals surface area contributed by atoms with Crippen LogP contribution in [0.25, 0.3) is 11.8 Å². The van der Waals surface area contributed by atoms with Crippen LogP contribution in [0, 0.1) is 0 Å². The van der Waals surface area contributed by atoms with Gasteiger partial charge in [0.15, 0.2) is 0 Å². The first-order valence-corrected chi connectivity index (χ1v) is 5.89. The molecule has 0 saturated heterocycles. The van der Waals surface area contributed by atoms with E-state index in [1.54, 1.807) is 0 Å². The summed E-state index contributed by atoms with van der Waals surface area (Å²) in [6.45, 7) is 0.655. The van der Waals surface area contributed by atoms with Gasteiger partial charge in [-0.15, -0.1) is 0 Å². The molecule has 0 unspecified atom stereocenters. The van der Waals surface area contributed by atoms with Crippen LogP contribution < -0.4 is 0 Å². The van der Waals surface area contributed by atoms with Gasteiger partial charge in [-0.25, -0.2) is 0 Å². The summed E-state index contributed by atoms with van der Waals surface area (Å²) in [5, 5.41) is 0.741. The Morgan fingerprint density at radius 2 is 1.94 bits per heavy atom. The van der Waals surface area contributed by atoms with Crippen LogP contribution in [0.3, 0.4) is 0 Å². The van der Waals surface area contributed by atoms with E-state index < -0.39 is 0 Å². The molecule has 0 saturated carbocycles. The summed E-state index contributed by atoms with van der Waals surface area (Å²) in [6.07, 6.45) is 2.03. The van der Waals surface area contributed by atoms with E-state index in [1.165, 1.54) is 11.1 Å². The average molecular weight is 243 g/mol. The van der Waals surface area contributed by atoms with Crippen LogP contribution in [0.1, 0.15) is 16.7 Å². The molecule has 84 valence electrons. The van der Waals surface area contributed by atoms with Crippen LogP contribution in [0.2, 0.25) is 5.02 Å². The van der Waals surface area contributed by atoms with Gasteiger partial charge in [0.1, 0.15) is 12.4 Å². The summed E-state index contributed by atoms with van der Waals surface area (Å²) >= 11 is 5.96. The summed E-state index contributed by atoms with van der Waals surface area (Å²) in [5.74, 6) is 0.919. The molecule has 1 heterocycles. The lowest BCUT2D eigenvalue weighted by Gasteiger charge is -2.00. The Hall–Kier alpha value is -1.73. The monoisotopic (exact) mass is 242 g/mol. The second-order valence-corrected chi connectivity index (χ2v) is 4.45. The lowest BCUT2D eigenvalue weighted by atomic mass is 10.1. The molecule has 1 nitrogen and oxygen atoms in total. The van der Waals surface area contributed by atoms with Crippen molar-refractivity contribution in [1.82, 2.24) is 0 Å². The van der Waals surface area contributed by atoms with Crippen molar-refractivity contribution in [2.24, 2.45) is 0 Å². The van der Waals surface area contributed by atoms with E-state index in [9.17, 15) is 0 Å². The maximum atomic E-state index is 5.96. The zero-order chi connectivity index (χ0) is 11.7. The Morgan fingerprint density at radius 3 is 2.82 bits per heavy atom. The average Bonchev–Trinajstić information content (AvgIpc) is 2.73. The van der Waals surface area contributed by atoms with Crippen molar-refractivity contribution in [3.63, 3.8) is 0 Å². The third kappa shape index (κ3) is 2.06. The molecule has 2 heteroatoms. The van der Waals surface area contributed by atoms with Gasteiger partial charge in [-0.1, -0.05) is 48.0 Å². The predicted molar refractivity (Wildman–Crippen MR) is 70.6 cm³/mol. The van der Waals surface area contributed by atoms with E-state index in [4.69, 9.17) is 16.3 Å². The highest BCUT2D eigenvalue weighted by Gasteiger charge is 2.16. The van der Waals surface area contributed by atoms with Crippen molar-refractivity contribution in [3.8, 4) is 0 Å². The zero-order valence-electron chi connectivity index (χ0n) is 9.19. The molecule has 1 aliphatic rings. The minimum Gasteiger partial charge on any atom is -0.488 e. The van der Waals surface area contributed by atoms with E-state index in [0.717, 1.165) is 16.3 Å². The first-order valence-electron chi connectivity index (χ1n) is 5.51. The first kappa shape index (κ1) is 10.4. The molecule has 3 rings (SSSR count). The maximum Gasteiger partial charge on any atom is 0.128 e. The van der Waals surface area contributed by atoms with Crippen LogP contribution in [-0.4, -0.2) is 0 Å². The highest BCUT2D eigenvalue weighted by atomic mass is 35.5. The Morgan fingerprint density at radius 1 is 1.06 bits per heavy atom. The van der Waals surface area contributed by atoms with Gasteiger partial charge in [0.2, 0.25) is 0 Å². The van der Waals surface area contributed by atoms with Gasteiger partial charge in [-0.05, 0) is 23.8 Å². The second-order valence-electron chi connectivity index (χ2n) is 4.01. The van der Waals surface area contributed by atoms with Gasteiger partial charge in [-0.2, -0.15) is 0 Å². The molecule has 2 aromatic carbocycles. The summed E-state index contributed by atoms with van der Waals surface area (Å²) < 4.78 is 5.69. The van der Waals surface area contributed by atoms with Crippen molar-refractivity contribution >= 4 is 23.4 Å². The summed E-state index contributed by atoms with van der Waals surface area (Å²) in [4.78, 5) is 0. The summed E-state index contributed by atoms with van der Waals surface area (Å²) in [5.41, 5.74) is 3.47. The number of halogens is 1. The Kier molecular flexibility index (Phi) is 2.62. The summed E-state index contributed by atoms with van der Waals surface area (Å²) in [7, 11) is 0. The Labute approximate surface area is 105 Å². The van der Waals surface area contributed by atoms with Crippen LogP contribution in [0.15, 0.2) is 48.5 Å². The number of fused-ring (bicyclic) bond motifs is 1. The van der Waals surface area contributed by atoms with E-state index in [2.05, 4.69) is 12.1 Å². The fraction of sp³-hybridized carbons (Fsp3) is 0.0667. The minimum absolute atomic E-state index is 0.655. The van der Waals surface area contributed by atoms with Crippen molar-refractivity contribution in [2.75, 3.05) is 0 Å². The smallest absolute Gasteiger partial charge is 0.128 e. The minimum atomic E-state index is 0.655. The topological polar surface area (TPSA) is 9.23 Å². The van der Waals surface area contributed by atoms with Crippen LogP contribution in [-0.2, 0) is 11.3 Å². The van der Waals surface area contributed by atoms with Crippen LogP contribution in [0.5, 0.6) is 0 Å². The third-order valence-corrected chi connectivity index (χ3v) is 3.05. The van der Waals surface area contributed by atoms with Gasteiger partial charge in [0.25, 0.3) is 0 Å². The third-order valence-electron chi connectivity index (χ3n) is 2.81. The van der Waals surface area contributed by atoms with E-state index >= 15 is 0 Å². The molecule has 0 fully saturated rings. The fourth-order valence-corrected chi connectivity index (χ4v) is 2.19. The maximum absolute atomic E-state index is 5.96. The van der Waals surface area contributed by atoms with Crippen molar-refractivity contribution in [1.29, 1.82) is 0 Å². The van der Waals surface area contributed by atoms with Crippen molar-refractivity contribution < 1.29 is 4.74 Å². The van der Waals surface area contributed by atoms with Gasteiger partial charge in [0.05, 0.1) is 0 Å². The molecule has 0 aliphatic carbocycles. The first-order chi connectivity index (χ1) is 8.33. The number of benzene rings is 2. The molecule has 0 amide bonds. The standard InChI is InChI=1S/C15H11ClO/c16-13-6-3-4-11(8-13)9-15-14-7-2-1-5-12(14)10-17-15/h1-9H,10H2/b15-9-. The molecule has 0 atom stereocenters. The van der Waals surface area contributed by atoms with Gasteiger partial charge in [-0.3, -0.25) is 0 Å². The highest BCUT2D eigenvalue weighted by molar-refractivity contribution is 6.30. The van der Waals surface area contributed by atoms with Gasteiger partial charge in [0, 0.05) is 16.1 Å². The van der Waals surface area contributed by atoms with Crippen LogP contribution >= 0.6 is 11.6 Å². The SMILES string of the molecule is Clc1cccc(/C=C2\OCc3ccccc32)c1. The quantitative estimate of drug-likeness (QED) is 0.722. The second kappa shape index (κ2) is 4.27. The van der Waals surface area contributed by atoms with E-state index in [0.29, 0.717) is 6.61 Å². The fourth-order valence-electron chi connectivity index (χ4n) is 1.99. The van der Waals surface area contributed by atoms with E-state index in [1.807, 2.05) is 42.5 Å². The van der Waals surface area contributed by atoms with E-state index in [-0.39, 0.29) is 0 Å². The molecular formula is C15H11ClO. The largest absolute Gasteiger partial charge is 0.488 e. The molecule has 17 heavy (non-hydrogen) atoms. The predicted octanol–water partition coefficient (Wildman–Crippen LogP) is 4.37. The van der Waals surface area contributed by atoms with Gasteiger partial charge < -0.3 is 4.74 Å². The molecular weight excluding hydrogens is 232 g/mol. The molecule has 0 radical (unpaired) electrons. The number of hydrogen-bond donors (Lipinski definition) is 0. The molecule has 0 bridgehead atoms. The number of ether oxygens (including phenoxy) is 1. The normalized spacial score (nSPS) is 15.7. The molecule has 0 N–H and O–H groups in total.